The van der Waals surface area contributed by atoms with E-state index in [1.54, 1.807) is 17.9 Å². The van der Waals surface area contributed by atoms with E-state index < -0.39 is 11.7 Å². The van der Waals surface area contributed by atoms with Crippen molar-refractivity contribution in [3.05, 3.63) is 35.4 Å². The summed E-state index contributed by atoms with van der Waals surface area (Å²) in [6.45, 7) is 4.26. The quantitative estimate of drug-likeness (QED) is 0.748. The third-order valence-electron chi connectivity index (χ3n) is 4.67. The highest BCUT2D eigenvalue weighted by Gasteiger charge is 2.31. The summed E-state index contributed by atoms with van der Waals surface area (Å²) in [7, 11) is 0. The molecule has 1 aliphatic heterocycles. The number of rotatable bonds is 7. The molecule has 1 saturated heterocycles. The molecule has 4 nitrogen and oxygen atoms in total. The normalized spacial score (nSPS) is 17.3. The van der Waals surface area contributed by atoms with Crippen molar-refractivity contribution in [3.63, 3.8) is 0 Å². The Morgan fingerprint density at radius 2 is 2.04 bits per heavy atom. The number of hydrogen-bond acceptors (Lipinski definition) is 3. The van der Waals surface area contributed by atoms with Crippen molar-refractivity contribution < 1.29 is 22.7 Å². The summed E-state index contributed by atoms with van der Waals surface area (Å²) < 4.78 is 44.2. The molecule has 0 aliphatic carbocycles. The first kappa shape index (κ1) is 20.7. The molecule has 2 rings (SSSR count). The van der Waals surface area contributed by atoms with Crippen molar-refractivity contribution >= 4 is 5.91 Å². The molecule has 0 aromatic heterocycles. The van der Waals surface area contributed by atoms with Crippen LogP contribution in [0, 0.1) is 5.92 Å². The Kier molecular flexibility index (Phi) is 7.46. The van der Waals surface area contributed by atoms with Crippen LogP contribution in [0.1, 0.15) is 37.3 Å². The van der Waals surface area contributed by atoms with Crippen LogP contribution >= 0.6 is 0 Å². The van der Waals surface area contributed by atoms with Crippen LogP contribution in [0.5, 0.6) is 0 Å². The Labute approximate surface area is 152 Å². The van der Waals surface area contributed by atoms with E-state index >= 15 is 0 Å². The zero-order valence-corrected chi connectivity index (χ0v) is 15.1. The van der Waals surface area contributed by atoms with E-state index in [1.807, 2.05) is 0 Å². The fourth-order valence-electron chi connectivity index (χ4n) is 3.20. The molecule has 7 heteroatoms. The zero-order valence-electron chi connectivity index (χ0n) is 15.1. The van der Waals surface area contributed by atoms with Crippen molar-refractivity contribution in [1.29, 1.82) is 0 Å². The number of benzene rings is 1. The molecule has 1 aromatic rings. The number of carbonyl (C=O) groups excluding carboxylic acids is 1. The molecule has 26 heavy (non-hydrogen) atoms. The summed E-state index contributed by atoms with van der Waals surface area (Å²) in [5, 5.41) is 0. The van der Waals surface area contributed by atoms with E-state index in [4.69, 9.17) is 10.5 Å². The van der Waals surface area contributed by atoms with Crippen molar-refractivity contribution in [2.24, 2.45) is 11.7 Å². The summed E-state index contributed by atoms with van der Waals surface area (Å²) in [5.74, 6) is -0.365. The van der Waals surface area contributed by atoms with Crippen LogP contribution in [0.2, 0.25) is 0 Å². The molecule has 1 atom stereocenters. The number of amides is 1. The fraction of sp³-hybridized carbons (Fsp3) is 0.632. The number of ether oxygens (including phenoxy) is 1. The first-order valence-corrected chi connectivity index (χ1v) is 9.08. The lowest BCUT2D eigenvalue weighted by Gasteiger charge is -2.33. The van der Waals surface area contributed by atoms with Crippen molar-refractivity contribution in [2.75, 3.05) is 26.2 Å². The summed E-state index contributed by atoms with van der Waals surface area (Å²) in [5.41, 5.74) is 5.29. The smallest absolute Gasteiger partial charge is 0.378 e. The Morgan fingerprint density at radius 3 is 2.65 bits per heavy atom. The minimum Gasteiger partial charge on any atom is -0.378 e. The SMILES string of the molecule is CC(Cc1cccc(C(F)(F)F)c1)C(=O)N1CCC(OCCCN)CC1. The first-order valence-electron chi connectivity index (χ1n) is 9.08. The topological polar surface area (TPSA) is 55.6 Å². The van der Waals surface area contributed by atoms with Crippen LogP contribution < -0.4 is 5.73 Å². The Balaban J connectivity index is 1.85. The summed E-state index contributed by atoms with van der Waals surface area (Å²) in [4.78, 5) is 14.4. The summed E-state index contributed by atoms with van der Waals surface area (Å²) >= 11 is 0. The lowest BCUT2D eigenvalue weighted by atomic mass is 9.97. The van der Waals surface area contributed by atoms with Gasteiger partial charge in [0.25, 0.3) is 0 Å². The molecule has 0 spiro atoms. The number of alkyl halides is 3. The van der Waals surface area contributed by atoms with E-state index in [2.05, 4.69) is 0 Å². The van der Waals surface area contributed by atoms with Crippen molar-refractivity contribution in [3.8, 4) is 0 Å². The van der Waals surface area contributed by atoms with E-state index in [0.29, 0.717) is 38.2 Å². The minimum atomic E-state index is -4.37. The number of piperidine rings is 1. The average Bonchev–Trinajstić information content (AvgIpc) is 2.61. The van der Waals surface area contributed by atoms with Crippen molar-refractivity contribution in [1.82, 2.24) is 4.90 Å². The van der Waals surface area contributed by atoms with Gasteiger partial charge in [-0.1, -0.05) is 25.1 Å². The lowest BCUT2D eigenvalue weighted by Crippen LogP contribution is -2.43. The van der Waals surface area contributed by atoms with E-state index in [0.717, 1.165) is 31.4 Å². The minimum absolute atomic E-state index is 0.0113. The maximum Gasteiger partial charge on any atom is 0.416 e. The molecular weight excluding hydrogens is 345 g/mol. The predicted octanol–water partition coefficient (Wildman–Crippen LogP) is 3.24. The van der Waals surface area contributed by atoms with Crippen LogP contribution in [0.15, 0.2) is 24.3 Å². The summed E-state index contributed by atoms with van der Waals surface area (Å²) in [6, 6.07) is 5.20. The van der Waals surface area contributed by atoms with Gasteiger partial charge < -0.3 is 15.4 Å². The third-order valence-corrected chi connectivity index (χ3v) is 4.67. The largest absolute Gasteiger partial charge is 0.416 e. The maximum absolute atomic E-state index is 12.8. The molecule has 0 saturated carbocycles. The first-order chi connectivity index (χ1) is 12.3. The molecule has 0 radical (unpaired) electrons. The van der Waals surface area contributed by atoms with Gasteiger partial charge in [0.1, 0.15) is 0 Å². The van der Waals surface area contributed by atoms with E-state index in [-0.39, 0.29) is 17.9 Å². The van der Waals surface area contributed by atoms with Crippen LogP contribution in [0.25, 0.3) is 0 Å². The van der Waals surface area contributed by atoms with Gasteiger partial charge in [0.05, 0.1) is 11.7 Å². The van der Waals surface area contributed by atoms with Gasteiger partial charge in [0.2, 0.25) is 5.91 Å². The second-order valence-corrected chi connectivity index (χ2v) is 6.84. The van der Waals surface area contributed by atoms with Gasteiger partial charge in [-0.05, 0) is 43.9 Å². The summed E-state index contributed by atoms with van der Waals surface area (Å²) in [6.07, 6.45) is -1.51. The van der Waals surface area contributed by atoms with Gasteiger partial charge in [0.15, 0.2) is 0 Å². The Hall–Kier alpha value is -1.60. The Morgan fingerprint density at radius 1 is 1.35 bits per heavy atom. The van der Waals surface area contributed by atoms with Crippen LogP contribution in [0.4, 0.5) is 13.2 Å². The standard InChI is InChI=1S/C19H27F3N2O2/c1-14(12-15-4-2-5-16(13-15)19(20,21)22)18(25)24-9-6-17(7-10-24)26-11-3-8-23/h2,4-5,13-14,17H,3,6-12,23H2,1H3. The van der Waals surface area contributed by atoms with Crippen molar-refractivity contribution in [2.45, 2.75) is 44.9 Å². The second kappa shape index (κ2) is 9.37. The predicted molar refractivity (Wildman–Crippen MR) is 93.5 cm³/mol. The molecule has 1 unspecified atom stereocenters. The number of halogens is 3. The molecule has 1 aromatic carbocycles. The van der Waals surface area contributed by atoms with Gasteiger partial charge >= 0.3 is 6.18 Å². The monoisotopic (exact) mass is 372 g/mol. The van der Waals surface area contributed by atoms with Gasteiger partial charge in [-0.2, -0.15) is 13.2 Å². The van der Waals surface area contributed by atoms with Crippen LogP contribution in [-0.2, 0) is 22.1 Å². The maximum atomic E-state index is 12.8. The highest BCUT2D eigenvalue weighted by Crippen LogP contribution is 2.30. The highest BCUT2D eigenvalue weighted by atomic mass is 19.4. The van der Waals surface area contributed by atoms with Gasteiger partial charge in [-0.25, -0.2) is 0 Å². The molecule has 0 bridgehead atoms. The van der Waals surface area contributed by atoms with E-state index in [9.17, 15) is 18.0 Å². The van der Waals surface area contributed by atoms with Crippen LogP contribution in [0.3, 0.4) is 0 Å². The number of carbonyl (C=O) groups is 1. The lowest BCUT2D eigenvalue weighted by molar-refractivity contribution is -0.138. The highest BCUT2D eigenvalue weighted by molar-refractivity contribution is 5.78. The van der Waals surface area contributed by atoms with Crippen LogP contribution in [-0.4, -0.2) is 43.2 Å². The molecule has 1 amide bonds. The van der Waals surface area contributed by atoms with E-state index in [1.165, 1.54) is 6.07 Å². The van der Waals surface area contributed by atoms with Gasteiger partial charge in [0, 0.05) is 25.6 Å². The molecule has 2 N–H and O–H groups in total. The Bertz CT molecular complexity index is 584. The number of hydrogen-bond donors (Lipinski definition) is 1. The number of nitrogens with two attached hydrogens (primary N) is 1. The third kappa shape index (κ3) is 5.99. The molecule has 1 heterocycles. The van der Waals surface area contributed by atoms with Gasteiger partial charge in [-0.3, -0.25) is 4.79 Å². The zero-order chi connectivity index (χ0) is 19.2. The molecule has 1 fully saturated rings. The fourth-order valence-corrected chi connectivity index (χ4v) is 3.20. The molecule has 146 valence electrons. The second-order valence-electron chi connectivity index (χ2n) is 6.84. The molecular formula is C19H27F3N2O2. The average molecular weight is 372 g/mol. The molecule has 1 aliphatic rings. The number of likely N-dealkylation sites (tertiary alicyclic amines) is 1. The van der Waals surface area contributed by atoms with Gasteiger partial charge in [-0.15, -0.1) is 0 Å². The number of nitrogens with zero attached hydrogens (tertiary/aromatic N) is 1.